The first-order valence-electron chi connectivity index (χ1n) is 10.5. The zero-order valence-corrected chi connectivity index (χ0v) is 18.9. The predicted molar refractivity (Wildman–Crippen MR) is 129 cm³/mol. The second kappa shape index (κ2) is 10.5. The van der Waals surface area contributed by atoms with Crippen LogP contribution >= 0.6 is 23.2 Å². The Balaban J connectivity index is 1.39. The fourth-order valence-corrected chi connectivity index (χ4v) is 3.97. The van der Waals surface area contributed by atoms with E-state index < -0.39 is 0 Å². The molecule has 0 atom stereocenters. The number of hydrogen-bond acceptors (Lipinski definition) is 3. The number of benzene rings is 3. The summed E-state index contributed by atoms with van der Waals surface area (Å²) in [5.74, 6) is 1.42. The number of carbonyl (C=O) groups excluding carboxylic acids is 1. The van der Waals surface area contributed by atoms with E-state index in [1.165, 1.54) is 0 Å². The first-order chi connectivity index (χ1) is 15.6. The Morgan fingerprint density at radius 3 is 2.47 bits per heavy atom. The summed E-state index contributed by atoms with van der Waals surface area (Å²) in [5.41, 5.74) is 2.48. The fourth-order valence-electron chi connectivity index (χ4n) is 3.56. The van der Waals surface area contributed by atoms with Crippen LogP contribution in [-0.4, -0.2) is 28.6 Å². The van der Waals surface area contributed by atoms with Gasteiger partial charge in [0.1, 0.15) is 11.6 Å². The molecule has 7 heteroatoms. The van der Waals surface area contributed by atoms with E-state index in [9.17, 15) is 4.79 Å². The van der Waals surface area contributed by atoms with Gasteiger partial charge in [-0.1, -0.05) is 59.6 Å². The van der Waals surface area contributed by atoms with Crippen LogP contribution in [0.2, 0.25) is 10.0 Å². The van der Waals surface area contributed by atoms with Crippen molar-refractivity contribution in [1.29, 1.82) is 0 Å². The molecule has 0 radical (unpaired) electrons. The molecule has 0 saturated carbocycles. The molecular formula is C25H23Cl2N3O2. The number of hydrogen-bond donors (Lipinski definition) is 1. The second-order valence-electron chi connectivity index (χ2n) is 7.29. The van der Waals surface area contributed by atoms with E-state index in [4.69, 9.17) is 32.9 Å². The number of ether oxygens (including phenoxy) is 1. The summed E-state index contributed by atoms with van der Waals surface area (Å²) in [6, 6.07) is 22.5. The average molecular weight is 468 g/mol. The van der Waals surface area contributed by atoms with Gasteiger partial charge in [-0.2, -0.15) is 0 Å². The minimum atomic E-state index is -0.189. The number of amides is 1. The summed E-state index contributed by atoms with van der Waals surface area (Å²) in [4.78, 5) is 17.2. The Morgan fingerprint density at radius 2 is 1.66 bits per heavy atom. The standard InChI is InChI=1S/C25H23Cl2N3O2/c26-19-9-2-1-8-18(19)25(31)28-15-14-24-29-21-11-4-5-12-22(21)30(24)16-7-17-32-23-13-6-3-10-20(23)27/h1-6,8-13H,7,14-17H2,(H,28,31). The predicted octanol–water partition coefficient (Wildman–Crippen LogP) is 5.78. The van der Waals surface area contributed by atoms with Gasteiger partial charge in [-0.05, 0) is 42.8 Å². The van der Waals surface area contributed by atoms with Gasteiger partial charge in [0, 0.05) is 19.5 Å². The van der Waals surface area contributed by atoms with Crippen molar-refractivity contribution in [2.24, 2.45) is 0 Å². The summed E-state index contributed by atoms with van der Waals surface area (Å²) < 4.78 is 8.01. The first kappa shape index (κ1) is 22.2. The number of nitrogens with one attached hydrogen (secondary N) is 1. The first-order valence-corrected chi connectivity index (χ1v) is 11.2. The van der Waals surface area contributed by atoms with E-state index in [1.54, 1.807) is 24.3 Å². The third kappa shape index (κ3) is 5.23. The minimum Gasteiger partial charge on any atom is -0.492 e. The lowest BCUT2D eigenvalue weighted by Gasteiger charge is -2.12. The molecule has 4 rings (SSSR count). The van der Waals surface area contributed by atoms with Crippen molar-refractivity contribution in [2.75, 3.05) is 13.2 Å². The maximum Gasteiger partial charge on any atom is 0.252 e. The highest BCUT2D eigenvalue weighted by Gasteiger charge is 2.13. The van der Waals surface area contributed by atoms with Gasteiger partial charge < -0.3 is 14.6 Å². The Morgan fingerprint density at radius 1 is 0.938 bits per heavy atom. The maximum atomic E-state index is 12.4. The number of aryl methyl sites for hydroxylation is 1. The minimum absolute atomic E-state index is 0.189. The van der Waals surface area contributed by atoms with Crippen molar-refractivity contribution >= 4 is 40.1 Å². The molecule has 1 aromatic heterocycles. The topological polar surface area (TPSA) is 56.2 Å². The SMILES string of the molecule is O=C(NCCc1nc2ccccc2n1CCCOc1ccccc1Cl)c1ccccc1Cl. The van der Waals surface area contributed by atoms with Gasteiger partial charge >= 0.3 is 0 Å². The van der Waals surface area contributed by atoms with Crippen LogP contribution in [-0.2, 0) is 13.0 Å². The van der Waals surface area contributed by atoms with E-state index >= 15 is 0 Å². The normalized spacial score (nSPS) is 10.9. The zero-order valence-electron chi connectivity index (χ0n) is 17.4. The Hall–Kier alpha value is -3.02. The summed E-state index contributed by atoms with van der Waals surface area (Å²) >= 11 is 12.3. The van der Waals surface area contributed by atoms with Crippen LogP contribution in [0.3, 0.4) is 0 Å². The molecule has 4 aromatic rings. The highest BCUT2D eigenvalue weighted by molar-refractivity contribution is 6.33. The highest BCUT2D eigenvalue weighted by Crippen LogP contribution is 2.23. The van der Waals surface area contributed by atoms with Crippen LogP contribution in [0.5, 0.6) is 5.75 Å². The van der Waals surface area contributed by atoms with Crippen LogP contribution < -0.4 is 10.1 Å². The third-order valence-corrected chi connectivity index (χ3v) is 5.75. The van der Waals surface area contributed by atoms with Crippen LogP contribution in [0.15, 0.2) is 72.8 Å². The maximum absolute atomic E-state index is 12.4. The van der Waals surface area contributed by atoms with Gasteiger partial charge in [0.05, 0.1) is 33.2 Å². The lowest BCUT2D eigenvalue weighted by molar-refractivity contribution is 0.0954. The molecular weight excluding hydrogens is 445 g/mol. The molecule has 0 saturated heterocycles. The van der Waals surface area contributed by atoms with Gasteiger partial charge in [0.2, 0.25) is 0 Å². The molecule has 1 heterocycles. The lowest BCUT2D eigenvalue weighted by Crippen LogP contribution is -2.26. The number of fused-ring (bicyclic) bond motifs is 1. The molecule has 0 aliphatic carbocycles. The van der Waals surface area contributed by atoms with Crippen LogP contribution in [0, 0.1) is 0 Å². The molecule has 1 amide bonds. The smallest absolute Gasteiger partial charge is 0.252 e. The van der Waals surface area contributed by atoms with Crippen molar-refractivity contribution in [3.63, 3.8) is 0 Å². The molecule has 0 aliphatic rings. The Bertz CT molecular complexity index is 1220. The van der Waals surface area contributed by atoms with Crippen molar-refractivity contribution < 1.29 is 9.53 Å². The number of halogens is 2. The largest absolute Gasteiger partial charge is 0.492 e. The van der Waals surface area contributed by atoms with Gasteiger partial charge in [0.15, 0.2) is 0 Å². The molecule has 0 spiro atoms. The number of aromatic nitrogens is 2. The summed E-state index contributed by atoms with van der Waals surface area (Å²) in [5, 5.41) is 3.99. The van der Waals surface area contributed by atoms with Crippen LogP contribution in [0.25, 0.3) is 11.0 Å². The number of para-hydroxylation sites is 3. The zero-order chi connectivity index (χ0) is 22.3. The third-order valence-electron chi connectivity index (χ3n) is 5.11. The van der Waals surface area contributed by atoms with Crippen LogP contribution in [0.1, 0.15) is 22.6 Å². The van der Waals surface area contributed by atoms with E-state index in [1.807, 2.05) is 42.5 Å². The number of rotatable bonds is 9. The van der Waals surface area contributed by atoms with Crippen molar-refractivity contribution in [3.8, 4) is 5.75 Å². The van der Waals surface area contributed by atoms with E-state index in [0.29, 0.717) is 40.9 Å². The molecule has 3 aromatic carbocycles. The lowest BCUT2D eigenvalue weighted by atomic mass is 10.2. The number of nitrogens with zero attached hydrogens (tertiary/aromatic N) is 2. The van der Waals surface area contributed by atoms with Crippen molar-refractivity contribution in [1.82, 2.24) is 14.9 Å². The number of carbonyl (C=O) groups is 1. The van der Waals surface area contributed by atoms with Gasteiger partial charge in [-0.15, -0.1) is 0 Å². The van der Waals surface area contributed by atoms with Crippen LogP contribution in [0.4, 0.5) is 0 Å². The van der Waals surface area contributed by atoms with Gasteiger partial charge in [0.25, 0.3) is 5.91 Å². The molecule has 164 valence electrons. The molecule has 0 bridgehead atoms. The van der Waals surface area contributed by atoms with E-state index in [0.717, 1.165) is 29.8 Å². The molecule has 0 aliphatic heterocycles. The number of imidazole rings is 1. The fraction of sp³-hybridized carbons (Fsp3) is 0.200. The van der Waals surface area contributed by atoms with Gasteiger partial charge in [-0.25, -0.2) is 4.98 Å². The Kier molecular flexibility index (Phi) is 7.30. The monoisotopic (exact) mass is 467 g/mol. The van der Waals surface area contributed by atoms with Crippen molar-refractivity contribution in [2.45, 2.75) is 19.4 Å². The summed E-state index contributed by atoms with van der Waals surface area (Å²) in [6.07, 6.45) is 1.40. The summed E-state index contributed by atoms with van der Waals surface area (Å²) in [7, 11) is 0. The van der Waals surface area contributed by atoms with Crippen molar-refractivity contribution in [3.05, 3.63) is 94.2 Å². The van der Waals surface area contributed by atoms with E-state index in [2.05, 4.69) is 16.0 Å². The second-order valence-corrected chi connectivity index (χ2v) is 8.10. The molecule has 1 N–H and O–H groups in total. The average Bonchev–Trinajstić information content (AvgIpc) is 3.15. The molecule has 5 nitrogen and oxygen atoms in total. The Labute approximate surface area is 196 Å². The quantitative estimate of drug-likeness (QED) is 0.317. The van der Waals surface area contributed by atoms with E-state index in [-0.39, 0.29) is 5.91 Å². The van der Waals surface area contributed by atoms with Gasteiger partial charge in [-0.3, -0.25) is 4.79 Å². The highest BCUT2D eigenvalue weighted by atomic mass is 35.5. The molecule has 0 unspecified atom stereocenters. The summed E-state index contributed by atoms with van der Waals surface area (Å²) in [6.45, 7) is 1.75. The molecule has 0 fully saturated rings. The molecule has 32 heavy (non-hydrogen) atoms.